The largest absolute Gasteiger partial charge is 0.246 e. The van der Waals surface area contributed by atoms with Gasteiger partial charge in [0.1, 0.15) is 0 Å². The summed E-state index contributed by atoms with van der Waals surface area (Å²) in [6.45, 7) is 2.07. The minimum Gasteiger partial charge on any atom is -0.246 e. The fraction of sp³-hybridized carbons (Fsp3) is 1.00. The van der Waals surface area contributed by atoms with E-state index in [4.69, 9.17) is 0 Å². The van der Waals surface area contributed by atoms with Crippen molar-refractivity contribution in [1.82, 2.24) is 0 Å². The number of rotatable bonds is 3. The van der Waals surface area contributed by atoms with Gasteiger partial charge < -0.3 is 0 Å². The molecule has 0 aliphatic rings. The SMILES string of the molecule is CCCCS(=O)(=S)I. The van der Waals surface area contributed by atoms with Crippen LogP contribution < -0.4 is 0 Å². The van der Waals surface area contributed by atoms with Gasteiger partial charge in [0, 0.05) is 27.0 Å². The second-order valence-corrected chi connectivity index (χ2v) is 10.8. The Morgan fingerprint density at radius 1 is 1.75 bits per heavy atom. The number of unbranched alkanes of at least 4 members (excludes halogenated alkanes) is 1. The van der Waals surface area contributed by atoms with Gasteiger partial charge in [-0.15, -0.1) is 0 Å². The average molecular weight is 264 g/mol. The Bertz CT molecular complexity index is 138. The second kappa shape index (κ2) is 4.00. The summed E-state index contributed by atoms with van der Waals surface area (Å²) >= 11 is 6.51. The molecule has 0 aromatic rings. The van der Waals surface area contributed by atoms with Crippen LogP contribution in [0.5, 0.6) is 0 Å². The molecular weight excluding hydrogens is 255 g/mol. The molecule has 0 radical (unpaired) electrons. The van der Waals surface area contributed by atoms with Crippen molar-refractivity contribution in [3.05, 3.63) is 0 Å². The number of halogens is 1. The fourth-order valence-electron chi connectivity index (χ4n) is 0.317. The molecule has 0 heterocycles. The van der Waals surface area contributed by atoms with Crippen LogP contribution in [0.2, 0.25) is 0 Å². The minimum absolute atomic E-state index is 0.694. The van der Waals surface area contributed by atoms with Gasteiger partial charge in [0.05, 0.1) is 5.66 Å². The Kier molecular flexibility index (Phi) is 4.55. The number of hydrogen-bond donors (Lipinski definition) is 0. The maximum Gasteiger partial charge on any atom is 0.0853 e. The van der Waals surface area contributed by atoms with E-state index in [0.29, 0.717) is 5.75 Å². The van der Waals surface area contributed by atoms with Crippen LogP contribution in [-0.4, -0.2) is 9.96 Å². The smallest absolute Gasteiger partial charge is 0.0853 e. The molecule has 0 saturated carbocycles. The predicted octanol–water partition coefficient (Wildman–Crippen LogP) is 1.88. The van der Waals surface area contributed by atoms with E-state index in [9.17, 15) is 4.21 Å². The molecule has 8 heavy (non-hydrogen) atoms. The van der Waals surface area contributed by atoms with Crippen LogP contribution in [-0.2, 0) is 16.9 Å². The van der Waals surface area contributed by atoms with E-state index in [1.807, 2.05) is 21.2 Å². The zero-order valence-corrected chi connectivity index (χ0v) is 8.51. The highest BCUT2D eigenvalue weighted by molar-refractivity contribution is 14.2. The molecule has 1 atom stereocenters. The van der Waals surface area contributed by atoms with Crippen molar-refractivity contribution in [3.63, 3.8) is 0 Å². The molecule has 0 N–H and O–H groups in total. The average Bonchev–Trinajstić information content (AvgIpc) is 1.59. The van der Waals surface area contributed by atoms with Gasteiger partial charge in [0.2, 0.25) is 0 Å². The van der Waals surface area contributed by atoms with Crippen LogP contribution in [0.3, 0.4) is 0 Å². The summed E-state index contributed by atoms with van der Waals surface area (Å²) in [4.78, 5) is 0. The maximum atomic E-state index is 10.7. The lowest BCUT2D eigenvalue weighted by molar-refractivity contribution is 0.688. The first kappa shape index (κ1) is 9.10. The first-order chi connectivity index (χ1) is 3.56. The maximum absolute atomic E-state index is 10.7. The van der Waals surface area contributed by atoms with E-state index < -0.39 is 5.66 Å². The van der Waals surface area contributed by atoms with Gasteiger partial charge in [-0.05, 0) is 17.6 Å². The van der Waals surface area contributed by atoms with E-state index in [0.717, 1.165) is 12.8 Å². The third-order valence-electron chi connectivity index (χ3n) is 0.742. The minimum atomic E-state index is -1.88. The Balaban J connectivity index is 3.42. The molecule has 1 unspecified atom stereocenters. The predicted molar refractivity (Wildman–Crippen MR) is 49.3 cm³/mol. The monoisotopic (exact) mass is 264 g/mol. The van der Waals surface area contributed by atoms with Gasteiger partial charge in [-0.3, -0.25) is 0 Å². The zero-order chi connectivity index (χ0) is 6.62. The Labute approximate surface area is 67.5 Å². The summed E-state index contributed by atoms with van der Waals surface area (Å²) in [6, 6.07) is 0. The van der Waals surface area contributed by atoms with Crippen molar-refractivity contribution < 1.29 is 4.21 Å². The molecule has 50 valence electrons. The highest BCUT2D eigenvalue weighted by Crippen LogP contribution is 2.04. The summed E-state index contributed by atoms with van der Waals surface area (Å²) in [5.41, 5.74) is -1.88. The van der Waals surface area contributed by atoms with E-state index >= 15 is 0 Å². The molecule has 0 aliphatic heterocycles. The van der Waals surface area contributed by atoms with Crippen LogP contribution in [0, 0.1) is 0 Å². The van der Waals surface area contributed by atoms with E-state index in [1.165, 1.54) is 0 Å². The fourth-order valence-corrected chi connectivity index (χ4v) is 2.24. The molecule has 0 fully saturated rings. The van der Waals surface area contributed by atoms with Crippen LogP contribution in [0.1, 0.15) is 19.8 Å². The standard InChI is InChI=1S/C4H9IOS2/c1-2-3-4-8(5,6)7/h2-4H2,1H3. The third kappa shape index (κ3) is 7.10. The van der Waals surface area contributed by atoms with E-state index in [2.05, 4.69) is 18.1 Å². The molecule has 0 rings (SSSR count). The topological polar surface area (TPSA) is 17.1 Å². The molecule has 0 bridgehead atoms. The van der Waals surface area contributed by atoms with E-state index in [-0.39, 0.29) is 0 Å². The molecule has 0 spiro atoms. The normalized spacial score (nSPS) is 17.8. The van der Waals surface area contributed by atoms with Crippen molar-refractivity contribution in [3.8, 4) is 0 Å². The second-order valence-electron chi connectivity index (χ2n) is 1.60. The Morgan fingerprint density at radius 2 is 2.25 bits per heavy atom. The van der Waals surface area contributed by atoms with Gasteiger partial charge in [-0.25, -0.2) is 4.21 Å². The van der Waals surface area contributed by atoms with Crippen LogP contribution in [0.4, 0.5) is 0 Å². The van der Waals surface area contributed by atoms with E-state index in [1.54, 1.807) is 0 Å². The lowest BCUT2D eigenvalue weighted by Gasteiger charge is -1.92. The van der Waals surface area contributed by atoms with Gasteiger partial charge >= 0.3 is 0 Å². The lowest BCUT2D eigenvalue weighted by Crippen LogP contribution is -1.92. The Hall–Kier alpha value is 1.10. The highest BCUT2D eigenvalue weighted by atomic mass is 127. The Morgan fingerprint density at radius 3 is 2.38 bits per heavy atom. The van der Waals surface area contributed by atoms with Crippen molar-refractivity contribution in [1.29, 1.82) is 0 Å². The van der Waals surface area contributed by atoms with Crippen LogP contribution in [0.15, 0.2) is 0 Å². The summed E-state index contributed by atoms with van der Waals surface area (Å²) in [7, 11) is 0. The summed E-state index contributed by atoms with van der Waals surface area (Å²) < 4.78 is 10.7. The summed E-state index contributed by atoms with van der Waals surface area (Å²) in [6.07, 6.45) is 2.07. The van der Waals surface area contributed by atoms with Gasteiger partial charge in [-0.1, -0.05) is 13.3 Å². The molecule has 0 aromatic heterocycles. The quantitative estimate of drug-likeness (QED) is 0.572. The molecule has 0 amide bonds. The molecule has 0 aromatic carbocycles. The van der Waals surface area contributed by atoms with Gasteiger partial charge in [-0.2, -0.15) is 0 Å². The van der Waals surface area contributed by atoms with Crippen molar-refractivity contribution >= 4 is 38.1 Å². The summed E-state index contributed by atoms with van der Waals surface area (Å²) in [5, 5.41) is 0. The molecule has 0 aliphatic carbocycles. The highest BCUT2D eigenvalue weighted by Gasteiger charge is 1.95. The van der Waals surface area contributed by atoms with Crippen molar-refractivity contribution in [2.24, 2.45) is 0 Å². The van der Waals surface area contributed by atoms with Crippen LogP contribution in [0.25, 0.3) is 0 Å². The van der Waals surface area contributed by atoms with Crippen LogP contribution >= 0.6 is 21.2 Å². The van der Waals surface area contributed by atoms with Crippen molar-refractivity contribution in [2.45, 2.75) is 19.8 Å². The zero-order valence-electron chi connectivity index (χ0n) is 4.72. The lowest BCUT2D eigenvalue weighted by atomic mass is 10.4. The van der Waals surface area contributed by atoms with Crippen molar-refractivity contribution in [2.75, 3.05) is 5.75 Å². The molecular formula is C4H9IOS2. The number of hydrogen-bond acceptors (Lipinski definition) is 2. The third-order valence-corrected chi connectivity index (χ3v) is 3.34. The summed E-state index contributed by atoms with van der Waals surface area (Å²) in [5.74, 6) is 0.694. The first-order valence-electron chi connectivity index (χ1n) is 2.48. The first-order valence-corrected chi connectivity index (χ1v) is 7.68. The van der Waals surface area contributed by atoms with Gasteiger partial charge in [0.25, 0.3) is 0 Å². The molecule has 0 saturated heterocycles. The van der Waals surface area contributed by atoms with Gasteiger partial charge in [0.15, 0.2) is 0 Å². The molecule has 4 heteroatoms. The molecule has 1 nitrogen and oxygen atoms in total.